The molecule has 1 saturated heterocycles. The van der Waals surface area contributed by atoms with Crippen molar-refractivity contribution in [3.05, 3.63) is 80.8 Å². The van der Waals surface area contributed by atoms with E-state index in [1.165, 1.54) is 42.2 Å². The Morgan fingerprint density at radius 2 is 1.94 bits per heavy atom. The standard InChI is InChI=1S/C29H32FNO4S/c1-34-26-17-23(19-35-22-8-6-21(25(30)16-22)7-9-28(32)33)36-27(26)18-31-14-12-29(13-15-31)11-10-20-4-2-3-5-24(20)29/h2-6,8,16-17H,7,9-15,18-19H2,1H3,(H,32,33). The lowest BCUT2D eigenvalue weighted by Gasteiger charge is -2.40. The number of benzene rings is 2. The number of aryl methyl sites for hydroxylation is 2. The first kappa shape index (κ1) is 24.8. The van der Waals surface area contributed by atoms with Crippen molar-refractivity contribution < 1.29 is 23.8 Å². The van der Waals surface area contributed by atoms with Gasteiger partial charge in [0.05, 0.1) is 12.0 Å². The average molecular weight is 510 g/mol. The van der Waals surface area contributed by atoms with E-state index in [1.54, 1.807) is 36.1 Å². The van der Waals surface area contributed by atoms with E-state index in [1.807, 2.05) is 6.07 Å². The first-order valence-corrected chi connectivity index (χ1v) is 13.4. The first-order chi connectivity index (χ1) is 17.5. The zero-order chi connectivity index (χ0) is 25.1. The van der Waals surface area contributed by atoms with Gasteiger partial charge in [0.15, 0.2) is 0 Å². The Labute approximate surface area is 215 Å². The number of hydrogen-bond donors (Lipinski definition) is 1. The Balaban J connectivity index is 1.18. The van der Waals surface area contributed by atoms with Crippen LogP contribution < -0.4 is 9.47 Å². The summed E-state index contributed by atoms with van der Waals surface area (Å²) in [7, 11) is 1.70. The summed E-state index contributed by atoms with van der Waals surface area (Å²) < 4.78 is 25.8. The second kappa shape index (κ2) is 10.6. The van der Waals surface area contributed by atoms with Crippen molar-refractivity contribution in [1.29, 1.82) is 0 Å². The highest BCUT2D eigenvalue weighted by Gasteiger charge is 2.40. The summed E-state index contributed by atoms with van der Waals surface area (Å²) in [5.74, 6) is -0.0741. The van der Waals surface area contributed by atoms with Gasteiger partial charge >= 0.3 is 5.97 Å². The van der Waals surface area contributed by atoms with Crippen LogP contribution in [0.4, 0.5) is 4.39 Å². The molecule has 1 spiro atoms. The van der Waals surface area contributed by atoms with Crippen molar-refractivity contribution in [3.8, 4) is 11.5 Å². The van der Waals surface area contributed by atoms with E-state index < -0.39 is 11.8 Å². The minimum atomic E-state index is -0.940. The predicted molar refractivity (Wildman–Crippen MR) is 139 cm³/mol. The fraction of sp³-hybridized carbons (Fsp3) is 0.414. The number of carbonyl (C=O) groups is 1. The van der Waals surface area contributed by atoms with E-state index in [9.17, 15) is 9.18 Å². The number of hydrogen-bond acceptors (Lipinski definition) is 5. The zero-order valence-corrected chi connectivity index (χ0v) is 21.4. The van der Waals surface area contributed by atoms with Crippen molar-refractivity contribution in [1.82, 2.24) is 4.90 Å². The number of carboxylic acids is 1. The quantitative estimate of drug-likeness (QED) is 0.385. The summed E-state index contributed by atoms with van der Waals surface area (Å²) in [4.78, 5) is 15.5. The third-order valence-electron chi connectivity index (χ3n) is 7.70. The Kier molecular flexibility index (Phi) is 7.30. The van der Waals surface area contributed by atoms with Crippen molar-refractivity contribution in [2.45, 2.75) is 57.1 Å². The maximum absolute atomic E-state index is 14.3. The monoisotopic (exact) mass is 509 g/mol. The zero-order valence-electron chi connectivity index (χ0n) is 20.6. The van der Waals surface area contributed by atoms with E-state index in [-0.39, 0.29) is 12.8 Å². The highest BCUT2D eigenvalue weighted by molar-refractivity contribution is 7.12. The summed E-state index contributed by atoms with van der Waals surface area (Å²) in [5, 5.41) is 8.80. The van der Waals surface area contributed by atoms with Crippen LogP contribution in [0.5, 0.6) is 11.5 Å². The van der Waals surface area contributed by atoms with Gasteiger partial charge < -0.3 is 14.6 Å². The molecule has 2 aliphatic rings. The number of methoxy groups -OCH3 is 1. The number of likely N-dealkylation sites (tertiary alicyclic amines) is 1. The Morgan fingerprint density at radius 3 is 2.69 bits per heavy atom. The lowest BCUT2D eigenvalue weighted by molar-refractivity contribution is -0.136. The van der Waals surface area contributed by atoms with Gasteiger partial charge in [0, 0.05) is 23.9 Å². The van der Waals surface area contributed by atoms with Crippen molar-refractivity contribution in [2.75, 3.05) is 20.2 Å². The molecule has 190 valence electrons. The number of carboxylic acid groups (broad SMARTS) is 1. The molecule has 3 aromatic rings. The van der Waals surface area contributed by atoms with Gasteiger partial charge in [-0.2, -0.15) is 0 Å². The van der Waals surface area contributed by atoms with E-state index in [0.29, 0.717) is 23.3 Å². The number of thiophene rings is 1. The summed E-state index contributed by atoms with van der Waals surface area (Å²) in [6.45, 7) is 3.34. The molecule has 0 saturated carbocycles. The Hall–Kier alpha value is -2.90. The molecule has 1 aromatic heterocycles. The number of nitrogens with zero attached hydrogens (tertiary/aromatic N) is 1. The van der Waals surface area contributed by atoms with Crippen LogP contribution in [0.3, 0.4) is 0 Å². The van der Waals surface area contributed by atoms with Crippen molar-refractivity contribution >= 4 is 17.3 Å². The third kappa shape index (κ3) is 5.27. The minimum Gasteiger partial charge on any atom is -0.496 e. The average Bonchev–Trinajstić information content (AvgIpc) is 3.44. The largest absolute Gasteiger partial charge is 0.496 e. The van der Waals surface area contributed by atoms with Gasteiger partial charge in [-0.3, -0.25) is 9.69 Å². The van der Waals surface area contributed by atoms with Gasteiger partial charge in [-0.1, -0.05) is 30.3 Å². The molecule has 7 heteroatoms. The maximum Gasteiger partial charge on any atom is 0.303 e. The summed E-state index contributed by atoms with van der Waals surface area (Å²) in [5.41, 5.74) is 3.84. The Morgan fingerprint density at radius 1 is 1.14 bits per heavy atom. The molecule has 1 aliphatic carbocycles. The molecule has 5 nitrogen and oxygen atoms in total. The van der Waals surface area contributed by atoms with E-state index >= 15 is 0 Å². The summed E-state index contributed by atoms with van der Waals surface area (Å²) in [6, 6.07) is 15.6. The molecule has 1 aliphatic heterocycles. The molecule has 2 heterocycles. The lowest BCUT2D eigenvalue weighted by Crippen LogP contribution is -2.41. The van der Waals surface area contributed by atoms with Gasteiger partial charge in [0.2, 0.25) is 0 Å². The summed E-state index contributed by atoms with van der Waals surface area (Å²) in [6.07, 6.45) is 4.93. The molecule has 0 atom stereocenters. The van der Waals surface area contributed by atoms with Crippen LogP contribution in [0.1, 0.15) is 52.1 Å². The van der Waals surface area contributed by atoms with Crippen molar-refractivity contribution in [2.24, 2.45) is 0 Å². The number of piperidine rings is 1. The molecule has 36 heavy (non-hydrogen) atoms. The van der Waals surface area contributed by atoms with Crippen LogP contribution in [0.15, 0.2) is 48.5 Å². The number of ether oxygens (including phenoxy) is 2. The molecular formula is C29H32FNO4S. The molecule has 1 N–H and O–H groups in total. The Bertz CT molecular complexity index is 1230. The molecule has 5 rings (SSSR count). The van der Waals surface area contributed by atoms with Crippen LogP contribution in [0.2, 0.25) is 0 Å². The molecule has 1 fully saturated rings. The summed E-state index contributed by atoms with van der Waals surface area (Å²) >= 11 is 1.68. The van der Waals surface area contributed by atoms with E-state index in [2.05, 4.69) is 29.2 Å². The van der Waals surface area contributed by atoms with Crippen LogP contribution in [-0.4, -0.2) is 36.2 Å². The highest BCUT2D eigenvalue weighted by atomic mass is 32.1. The van der Waals surface area contributed by atoms with E-state index in [4.69, 9.17) is 14.6 Å². The van der Waals surface area contributed by atoms with Gasteiger partial charge in [-0.05, 0) is 79.4 Å². The maximum atomic E-state index is 14.3. The van der Waals surface area contributed by atoms with Crippen LogP contribution in [-0.2, 0) is 36.2 Å². The van der Waals surface area contributed by atoms with Crippen LogP contribution in [0.25, 0.3) is 0 Å². The van der Waals surface area contributed by atoms with Gasteiger partial charge in [-0.15, -0.1) is 11.3 Å². The van der Waals surface area contributed by atoms with E-state index in [0.717, 1.165) is 30.3 Å². The number of halogens is 1. The fourth-order valence-corrected chi connectivity index (χ4v) is 6.75. The molecule has 0 bridgehead atoms. The molecular weight excluding hydrogens is 477 g/mol. The number of aliphatic carboxylic acids is 1. The first-order valence-electron chi connectivity index (χ1n) is 12.5. The number of fused-ring (bicyclic) bond motifs is 2. The lowest BCUT2D eigenvalue weighted by atomic mass is 9.74. The second-order valence-electron chi connectivity index (χ2n) is 9.85. The van der Waals surface area contributed by atoms with Gasteiger partial charge in [-0.25, -0.2) is 4.39 Å². The molecule has 0 unspecified atom stereocenters. The predicted octanol–water partition coefficient (Wildman–Crippen LogP) is 5.97. The van der Waals surface area contributed by atoms with Gasteiger partial charge in [0.25, 0.3) is 0 Å². The third-order valence-corrected chi connectivity index (χ3v) is 8.77. The SMILES string of the molecule is COc1cc(COc2ccc(CCC(=O)O)c(F)c2)sc1CN1CCC2(CCc3ccccc32)CC1. The topological polar surface area (TPSA) is 59.0 Å². The smallest absolute Gasteiger partial charge is 0.303 e. The van der Waals surface area contributed by atoms with Gasteiger partial charge in [0.1, 0.15) is 23.9 Å². The van der Waals surface area contributed by atoms with Crippen LogP contribution in [0, 0.1) is 5.82 Å². The molecule has 0 radical (unpaired) electrons. The normalized spacial score (nSPS) is 16.7. The minimum absolute atomic E-state index is 0.0970. The highest BCUT2D eigenvalue weighted by Crippen LogP contribution is 2.46. The fourth-order valence-electron chi connectivity index (χ4n) is 5.66. The number of rotatable bonds is 9. The van der Waals surface area contributed by atoms with Crippen molar-refractivity contribution in [3.63, 3.8) is 0 Å². The molecule has 0 amide bonds. The molecule has 2 aromatic carbocycles. The van der Waals surface area contributed by atoms with Crippen LogP contribution >= 0.6 is 11.3 Å². The second-order valence-corrected chi connectivity index (χ2v) is 11.1.